The molecule has 0 saturated heterocycles. The summed E-state index contributed by atoms with van der Waals surface area (Å²) in [7, 11) is 0. The molecule has 0 aliphatic heterocycles. The number of benzene rings is 1. The molecule has 2 rings (SSSR count). The van der Waals surface area contributed by atoms with E-state index < -0.39 is 5.97 Å². The Morgan fingerprint density at radius 3 is 2.25 bits per heavy atom. The molecule has 3 N–H and O–H groups in total. The maximum atomic E-state index is 11.8. The number of nitrogens with one attached hydrogen (secondary N) is 2. The molecule has 0 spiro atoms. The Hall–Kier alpha value is -2.04. The zero-order valence-corrected chi connectivity index (χ0v) is 11.6. The SMILES string of the molecule is CC1CCC(NC(=O)Nc2ccc(C(=O)O)cc2)CC1. The fraction of sp³-hybridized carbons (Fsp3) is 0.467. The first-order chi connectivity index (χ1) is 9.54. The zero-order valence-electron chi connectivity index (χ0n) is 11.6. The summed E-state index contributed by atoms with van der Waals surface area (Å²) in [5.74, 6) is -0.225. The highest BCUT2D eigenvalue weighted by Crippen LogP contribution is 2.23. The molecule has 20 heavy (non-hydrogen) atoms. The average molecular weight is 276 g/mol. The first-order valence-electron chi connectivity index (χ1n) is 6.95. The van der Waals surface area contributed by atoms with Gasteiger partial charge in [-0.15, -0.1) is 0 Å². The van der Waals surface area contributed by atoms with Crippen molar-refractivity contribution in [3.05, 3.63) is 29.8 Å². The number of carboxylic acids is 1. The van der Waals surface area contributed by atoms with Crippen molar-refractivity contribution in [2.45, 2.75) is 38.6 Å². The largest absolute Gasteiger partial charge is 0.478 e. The number of carbonyl (C=O) groups excluding carboxylic acids is 1. The Kier molecular flexibility index (Phi) is 4.61. The molecule has 108 valence electrons. The molecular formula is C15H20N2O3. The maximum absolute atomic E-state index is 11.8. The van der Waals surface area contributed by atoms with Gasteiger partial charge in [-0.05, 0) is 55.9 Å². The van der Waals surface area contributed by atoms with Crippen molar-refractivity contribution >= 4 is 17.7 Å². The minimum atomic E-state index is -0.975. The lowest BCUT2D eigenvalue weighted by atomic mass is 9.87. The van der Waals surface area contributed by atoms with Gasteiger partial charge in [0.05, 0.1) is 5.56 Å². The van der Waals surface area contributed by atoms with Crippen molar-refractivity contribution in [1.82, 2.24) is 5.32 Å². The topological polar surface area (TPSA) is 78.4 Å². The van der Waals surface area contributed by atoms with Crippen molar-refractivity contribution in [2.75, 3.05) is 5.32 Å². The number of carboxylic acid groups (broad SMARTS) is 1. The van der Waals surface area contributed by atoms with E-state index in [-0.39, 0.29) is 17.6 Å². The predicted octanol–water partition coefficient (Wildman–Crippen LogP) is 3.09. The van der Waals surface area contributed by atoms with E-state index in [1.54, 1.807) is 12.1 Å². The first kappa shape index (κ1) is 14.4. The number of hydrogen-bond acceptors (Lipinski definition) is 2. The highest BCUT2D eigenvalue weighted by Gasteiger charge is 2.19. The molecule has 2 amide bonds. The third kappa shape index (κ3) is 3.98. The van der Waals surface area contributed by atoms with Gasteiger partial charge in [0, 0.05) is 11.7 Å². The molecule has 0 radical (unpaired) electrons. The monoisotopic (exact) mass is 276 g/mol. The summed E-state index contributed by atoms with van der Waals surface area (Å²) < 4.78 is 0. The van der Waals surface area contributed by atoms with Gasteiger partial charge >= 0.3 is 12.0 Å². The molecule has 1 aromatic carbocycles. The summed E-state index contributed by atoms with van der Waals surface area (Å²) >= 11 is 0. The van der Waals surface area contributed by atoms with Crippen molar-refractivity contribution in [2.24, 2.45) is 5.92 Å². The van der Waals surface area contributed by atoms with Gasteiger partial charge in [0.15, 0.2) is 0 Å². The molecule has 5 nitrogen and oxygen atoms in total. The van der Waals surface area contributed by atoms with Crippen molar-refractivity contribution in [3.63, 3.8) is 0 Å². The Balaban J connectivity index is 1.83. The van der Waals surface area contributed by atoms with Crippen LogP contribution in [0.25, 0.3) is 0 Å². The molecule has 1 aliphatic rings. The zero-order chi connectivity index (χ0) is 14.5. The minimum absolute atomic E-state index is 0.206. The van der Waals surface area contributed by atoms with Crippen LogP contribution in [-0.4, -0.2) is 23.1 Å². The molecule has 0 aromatic heterocycles. The molecular weight excluding hydrogens is 256 g/mol. The van der Waals surface area contributed by atoms with Crippen LogP contribution in [0, 0.1) is 5.92 Å². The second kappa shape index (κ2) is 6.41. The summed E-state index contributed by atoms with van der Waals surface area (Å²) in [5.41, 5.74) is 0.800. The van der Waals surface area contributed by atoms with Crippen LogP contribution in [0.3, 0.4) is 0 Å². The van der Waals surface area contributed by atoms with E-state index in [1.165, 1.54) is 12.1 Å². The number of urea groups is 1. The molecule has 1 fully saturated rings. The van der Waals surface area contributed by atoms with Crippen molar-refractivity contribution in [3.8, 4) is 0 Å². The predicted molar refractivity (Wildman–Crippen MR) is 77.0 cm³/mol. The number of carbonyl (C=O) groups is 2. The maximum Gasteiger partial charge on any atom is 0.335 e. The lowest BCUT2D eigenvalue weighted by molar-refractivity contribution is 0.0697. The molecule has 0 unspecified atom stereocenters. The number of anilines is 1. The van der Waals surface area contributed by atoms with Crippen molar-refractivity contribution < 1.29 is 14.7 Å². The third-order valence-electron chi connectivity index (χ3n) is 3.74. The van der Waals surface area contributed by atoms with Gasteiger partial charge in [-0.3, -0.25) is 0 Å². The van der Waals surface area contributed by atoms with Crippen LogP contribution in [0.5, 0.6) is 0 Å². The number of hydrogen-bond donors (Lipinski definition) is 3. The Bertz CT molecular complexity index is 476. The average Bonchev–Trinajstić information content (AvgIpc) is 2.42. The van der Waals surface area contributed by atoms with Gasteiger partial charge in [-0.1, -0.05) is 6.92 Å². The highest BCUT2D eigenvalue weighted by atomic mass is 16.4. The van der Waals surface area contributed by atoms with E-state index >= 15 is 0 Å². The number of rotatable bonds is 3. The second-order valence-corrected chi connectivity index (χ2v) is 5.44. The second-order valence-electron chi connectivity index (χ2n) is 5.44. The van der Waals surface area contributed by atoms with Crippen LogP contribution < -0.4 is 10.6 Å². The van der Waals surface area contributed by atoms with Gasteiger partial charge in [0.2, 0.25) is 0 Å². The van der Waals surface area contributed by atoms with Crippen LogP contribution >= 0.6 is 0 Å². The Morgan fingerprint density at radius 2 is 1.70 bits per heavy atom. The smallest absolute Gasteiger partial charge is 0.335 e. The Morgan fingerprint density at radius 1 is 1.10 bits per heavy atom. The van der Waals surface area contributed by atoms with Gasteiger partial charge in [-0.2, -0.15) is 0 Å². The number of amides is 2. The summed E-state index contributed by atoms with van der Waals surface area (Å²) in [6, 6.07) is 6.13. The van der Waals surface area contributed by atoms with E-state index in [4.69, 9.17) is 5.11 Å². The quantitative estimate of drug-likeness (QED) is 0.793. The molecule has 0 heterocycles. The van der Waals surface area contributed by atoms with Crippen LogP contribution in [0.15, 0.2) is 24.3 Å². The van der Waals surface area contributed by atoms with E-state index in [2.05, 4.69) is 17.6 Å². The highest BCUT2D eigenvalue weighted by molar-refractivity contribution is 5.91. The standard InChI is InChI=1S/C15H20N2O3/c1-10-2-6-12(7-3-10)16-15(20)17-13-8-4-11(5-9-13)14(18)19/h4-5,8-10,12H,2-3,6-7H2,1H3,(H,18,19)(H2,16,17,20). The third-order valence-corrected chi connectivity index (χ3v) is 3.74. The summed E-state index contributed by atoms with van der Waals surface area (Å²) in [4.78, 5) is 22.6. The summed E-state index contributed by atoms with van der Waals surface area (Å²) in [6.45, 7) is 2.24. The Labute approximate surface area is 118 Å². The van der Waals surface area contributed by atoms with Crippen LogP contribution in [0.4, 0.5) is 10.5 Å². The van der Waals surface area contributed by atoms with Crippen molar-refractivity contribution in [1.29, 1.82) is 0 Å². The fourth-order valence-corrected chi connectivity index (χ4v) is 2.45. The van der Waals surface area contributed by atoms with Crippen LogP contribution in [0.2, 0.25) is 0 Å². The summed E-state index contributed by atoms with van der Waals surface area (Å²) in [6.07, 6.45) is 4.34. The molecule has 5 heteroatoms. The molecule has 0 bridgehead atoms. The number of aromatic carboxylic acids is 1. The van der Waals surface area contributed by atoms with E-state index in [0.717, 1.165) is 31.6 Å². The first-order valence-corrected chi connectivity index (χ1v) is 6.95. The minimum Gasteiger partial charge on any atom is -0.478 e. The van der Waals surface area contributed by atoms with Gasteiger partial charge in [0.25, 0.3) is 0 Å². The van der Waals surface area contributed by atoms with Gasteiger partial charge < -0.3 is 15.7 Å². The van der Waals surface area contributed by atoms with E-state index in [1.807, 2.05) is 0 Å². The van der Waals surface area contributed by atoms with Gasteiger partial charge in [-0.25, -0.2) is 9.59 Å². The lowest BCUT2D eigenvalue weighted by Gasteiger charge is -2.26. The van der Waals surface area contributed by atoms with Crippen LogP contribution in [-0.2, 0) is 0 Å². The lowest BCUT2D eigenvalue weighted by Crippen LogP contribution is -2.39. The van der Waals surface area contributed by atoms with Crippen LogP contribution in [0.1, 0.15) is 43.0 Å². The van der Waals surface area contributed by atoms with Gasteiger partial charge in [0.1, 0.15) is 0 Å². The normalized spacial score (nSPS) is 22.1. The van der Waals surface area contributed by atoms with E-state index in [9.17, 15) is 9.59 Å². The molecule has 1 saturated carbocycles. The summed E-state index contributed by atoms with van der Waals surface area (Å²) in [5, 5.41) is 14.5. The molecule has 0 atom stereocenters. The molecule has 1 aliphatic carbocycles. The van der Waals surface area contributed by atoms with E-state index in [0.29, 0.717) is 5.69 Å². The molecule has 1 aromatic rings. The fourth-order valence-electron chi connectivity index (χ4n) is 2.45.